The van der Waals surface area contributed by atoms with E-state index >= 15 is 0 Å². The van der Waals surface area contributed by atoms with E-state index in [2.05, 4.69) is 168 Å². The summed E-state index contributed by atoms with van der Waals surface area (Å²) in [5.41, 5.74) is 10.7. The van der Waals surface area contributed by atoms with E-state index in [4.69, 9.17) is 4.42 Å². The van der Waals surface area contributed by atoms with Crippen LogP contribution in [0.15, 0.2) is 186 Å². The van der Waals surface area contributed by atoms with Gasteiger partial charge in [-0.25, -0.2) is 4.98 Å². The molecule has 0 spiro atoms. The number of benzene rings is 8. The second-order valence-corrected chi connectivity index (χ2v) is 12.1. The molecule has 0 aliphatic heterocycles. The normalized spacial score (nSPS) is 11.3. The van der Waals surface area contributed by atoms with E-state index in [9.17, 15) is 0 Å². The van der Waals surface area contributed by atoms with E-state index in [1.54, 1.807) is 0 Å². The molecule has 0 saturated heterocycles. The molecule has 1 aromatic heterocycles. The second kappa shape index (κ2) is 11.7. The van der Waals surface area contributed by atoms with Crippen LogP contribution in [0.3, 0.4) is 0 Å². The van der Waals surface area contributed by atoms with Gasteiger partial charge in [-0.05, 0) is 117 Å². The SMILES string of the molecule is c1ccc(N(c2ccc(-c3ccc(-c4nc5ccccc5o4)cc3)cc2)c2ccc(-c3cccc4cc5ccccc5cc34)cc2)cc1. The van der Waals surface area contributed by atoms with Gasteiger partial charge in [0.1, 0.15) is 5.52 Å². The summed E-state index contributed by atoms with van der Waals surface area (Å²) in [4.78, 5) is 6.95. The summed E-state index contributed by atoms with van der Waals surface area (Å²) >= 11 is 0. The van der Waals surface area contributed by atoms with Crippen molar-refractivity contribution in [2.45, 2.75) is 0 Å². The Bertz CT molecular complexity index is 2500. The molecular weight excluding hydrogens is 585 g/mol. The quantitative estimate of drug-likeness (QED) is 0.175. The average molecular weight is 615 g/mol. The number of para-hydroxylation sites is 3. The molecule has 0 saturated carbocycles. The summed E-state index contributed by atoms with van der Waals surface area (Å²) in [5.74, 6) is 0.636. The molecule has 48 heavy (non-hydrogen) atoms. The molecule has 0 aliphatic carbocycles. The predicted molar refractivity (Wildman–Crippen MR) is 200 cm³/mol. The van der Waals surface area contributed by atoms with Crippen LogP contribution in [0.5, 0.6) is 0 Å². The van der Waals surface area contributed by atoms with Gasteiger partial charge in [0.15, 0.2) is 5.58 Å². The number of anilines is 3. The smallest absolute Gasteiger partial charge is 0.227 e. The lowest BCUT2D eigenvalue weighted by Crippen LogP contribution is -2.09. The Morgan fingerprint density at radius 3 is 1.65 bits per heavy atom. The molecule has 0 radical (unpaired) electrons. The predicted octanol–water partition coefficient (Wildman–Crippen LogP) is 12.6. The van der Waals surface area contributed by atoms with Crippen molar-refractivity contribution >= 4 is 49.7 Å². The van der Waals surface area contributed by atoms with Gasteiger partial charge in [-0.2, -0.15) is 0 Å². The third-order valence-electron chi connectivity index (χ3n) is 9.08. The lowest BCUT2D eigenvalue weighted by Gasteiger charge is -2.26. The maximum Gasteiger partial charge on any atom is 0.227 e. The maximum atomic E-state index is 5.98. The van der Waals surface area contributed by atoms with Crippen LogP contribution in [0.4, 0.5) is 17.1 Å². The molecule has 0 N–H and O–H groups in total. The molecule has 0 fully saturated rings. The number of oxazole rings is 1. The number of hydrogen-bond acceptors (Lipinski definition) is 3. The summed E-state index contributed by atoms with van der Waals surface area (Å²) < 4.78 is 5.98. The van der Waals surface area contributed by atoms with Crippen molar-refractivity contribution in [1.82, 2.24) is 4.98 Å². The highest BCUT2D eigenvalue weighted by Gasteiger charge is 2.14. The Balaban J connectivity index is 1.03. The van der Waals surface area contributed by atoms with E-state index in [1.807, 2.05) is 24.3 Å². The van der Waals surface area contributed by atoms with Crippen LogP contribution < -0.4 is 4.90 Å². The summed E-state index contributed by atoms with van der Waals surface area (Å²) in [7, 11) is 0. The lowest BCUT2D eigenvalue weighted by molar-refractivity contribution is 0.620. The molecule has 3 heteroatoms. The Labute approximate surface area is 279 Å². The van der Waals surface area contributed by atoms with E-state index in [-0.39, 0.29) is 0 Å². The Hall–Kier alpha value is -6.45. The zero-order valence-corrected chi connectivity index (χ0v) is 26.1. The molecule has 3 nitrogen and oxygen atoms in total. The van der Waals surface area contributed by atoms with Gasteiger partial charge in [0.25, 0.3) is 0 Å². The van der Waals surface area contributed by atoms with Crippen LogP contribution >= 0.6 is 0 Å². The van der Waals surface area contributed by atoms with Crippen LogP contribution in [0, 0.1) is 0 Å². The monoisotopic (exact) mass is 614 g/mol. The molecule has 0 amide bonds. The highest BCUT2D eigenvalue weighted by atomic mass is 16.3. The third kappa shape index (κ3) is 5.08. The molecule has 0 atom stereocenters. The lowest BCUT2D eigenvalue weighted by atomic mass is 9.95. The summed E-state index contributed by atoms with van der Waals surface area (Å²) in [5, 5.41) is 5.04. The van der Waals surface area contributed by atoms with Gasteiger partial charge in [0.05, 0.1) is 0 Å². The molecule has 0 bridgehead atoms. The Morgan fingerprint density at radius 1 is 0.396 bits per heavy atom. The van der Waals surface area contributed by atoms with E-state index in [0.717, 1.165) is 44.9 Å². The molecule has 9 rings (SSSR count). The molecular formula is C45H30N2O. The molecule has 226 valence electrons. The summed E-state index contributed by atoms with van der Waals surface area (Å²) in [6.45, 7) is 0. The standard InChI is InChI=1S/C45H30N2O/c1-2-12-38(13-3-1)47(40-27-23-33(24-28-40)41-14-8-11-37-29-35-9-4-5-10-36(35)30-42(37)41)39-25-21-32(22-26-39)31-17-19-34(20-18-31)45-46-43-15-6-7-16-44(43)48-45/h1-30H. The summed E-state index contributed by atoms with van der Waals surface area (Å²) in [6, 6.07) is 64.2. The van der Waals surface area contributed by atoms with Crippen molar-refractivity contribution in [3.05, 3.63) is 182 Å². The minimum Gasteiger partial charge on any atom is -0.436 e. The number of rotatable bonds is 6. The van der Waals surface area contributed by atoms with Crippen molar-refractivity contribution in [1.29, 1.82) is 0 Å². The topological polar surface area (TPSA) is 29.3 Å². The van der Waals surface area contributed by atoms with Gasteiger partial charge in [-0.1, -0.05) is 109 Å². The minimum absolute atomic E-state index is 0.636. The van der Waals surface area contributed by atoms with E-state index in [0.29, 0.717) is 5.89 Å². The number of aromatic nitrogens is 1. The zero-order chi connectivity index (χ0) is 31.9. The van der Waals surface area contributed by atoms with Crippen molar-refractivity contribution < 1.29 is 4.42 Å². The fraction of sp³-hybridized carbons (Fsp3) is 0. The first-order valence-electron chi connectivity index (χ1n) is 16.2. The van der Waals surface area contributed by atoms with Crippen LogP contribution in [-0.4, -0.2) is 4.98 Å². The van der Waals surface area contributed by atoms with E-state index in [1.165, 1.54) is 32.7 Å². The first-order chi connectivity index (χ1) is 23.8. The fourth-order valence-electron chi connectivity index (χ4n) is 6.64. The molecule has 8 aromatic carbocycles. The highest BCUT2D eigenvalue weighted by molar-refractivity contribution is 6.05. The Kier molecular flexibility index (Phi) is 6.80. The van der Waals surface area contributed by atoms with E-state index < -0.39 is 0 Å². The van der Waals surface area contributed by atoms with Crippen molar-refractivity contribution in [2.75, 3.05) is 4.90 Å². The second-order valence-electron chi connectivity index (χ2n) is 12.1. The first-order valence-corrected chi connectivity index (χ1v) is 16.2. The van der Waals surface area contributed by atoms with Gasteiger partial charge < -0.3 is 9.32 Å². The summed E-state index contributed by atoms with van der Waals surface area (Å²) in [6.07, 6.45) is 0. The Morgan fingerprint density at radius 2 is 0.938 bits per heavy atom. The average Bonchev–Trinajstić information content (AvgIpc) is 3.60. The van der Waals surface area contributed by atoms with Crippen LogP contribution in [0.2, 0.25) is 0 Å². The van der Waals surface area contributed by atoms with Gasteiger partial charge in [-0.3, -0.25) is 0 Å². The van der Waals surface area contributed by atoms with Gasteiger partial charge in [0.2, 0.25) is 5.89 Å². The van der Waals surface area contributed by atoms with Crippen LogP contribution in [-0.2, 0) is 0 Å². The van der Waals surface area contributed by atoms with Crippen LogP contribution in [0.1, 0.15) is 0 Å². The number of fused-ring (bicyclic) bond motifs is 3. The maximum absolute atomic E-state index is 5.98. The van der Waals surface area contributed by atoms with Crippen LogP contribution in [0.25, 0.3) is 66.4 Å². The van der Waals surface area contributed by atoms with Crippen molar-refractivity contribution in [2.24, 2.45) is 0 Å². The fourth-order valence-corrected chi connectivity index (χ4v) is 6.64. The molecule has 9 aromatic rings. The minimum atomic E-state index is 0.636. The third-order valence-corrected chi connectivity index (χ3v) is 9.08. The number of hydrogen-bond donors (Lipinski definition) is 0. The molecule has 0 unspecified atom stereocenters. The zero-order valence-electron chi connectivity index (χ0n) is 26.1. The molecule has 0 aliphatic rings. The van der Waals surface area contributed by atoms with Crippen molar-refractivity contribution in [3.8, 4) is 33.7 Å². The number of nitrogens with zero attached hydrogens (tertiary/aromatic N) is 2. The first kappa shape index (κ1) is 27.8. The van der Waals surface area contributed by atoms with Crippen molar-refractivity contribution in [3.63, 3.8) is 0 Å². The molecule has 1 heterocycles. The van der Waals surface area contributed by atoms with Gasteiger partial charge >= 0.3 is 0 Å². The van der Waals surface area contributed by atoms with Gasteiger partial charge in [-0.15, -0.1) is 0 Å². The largest absolute Gasteiger partial charge is 0.436 e. The van der Waals surface area contributed by atoms with Gasteiger partial charge in [0, 0.05) is 22.6 Å². The highest BCUT2D eigenvalue weighted by Crippen LogP contribution is 2.38.